The lowest BCUT2D eigenvalue weighted by Gasteiger charge is -2.28. The molecule has 0 saturated heterocycles. The van der Waals surface area contributed by atoms with E-state index in [2.05, 4.69) is 0 Å². The van der Waals surface area contributed by atoms with Gasteiger partial charge >= 0.3 is 8.80 Å². The van der Waals surface area contributed by atoms with E-state index in [1.54, 1.807) is 0 Å². The van der Waals surface area contributed by atoms with E-state index in [4.69, 9.17) is 24.7 Å². The Morgan fingerprint density at radius 2 is 1.79 bits per heavy atom. The molecule has 6 nitrogen and oxygen atoms in total. The minimum absolute atomic E-state index is 0.349. The van der Waals surface area contributed by atoms with Crippen molar-refractivity contribution < 1.29 is 18.4 Å². The van der Waals surface area contributed by atoms with E-state index >= 15 is 0 Å². The summed E-state index contributed by atoms with van der Waals surface area (Å²) in [5, 5.41) is 9.41. The van der Waals surface area contributed by atoms with Gasteiger partial charge in [0.15, 0.2) is 0 Å². The molecule has 0 aliphatic heterocycles. The Morgan fingerprint density at radius 3 is 2.14 bits per heavy atom. The molecule has 86 valence electrons. The van der Waals surface area contributed by atoms with E-state index < -0.39 is 15.1 Å². The van der Waals surface area contributed by atoms with Crippen LogP contribution in [0.3, 0.4) is 0 Å². The van der Waals surface area contributed by atoms with Gasteiger partial charge in [0.2, 0.25) is 0 Å². The zero-order valence-electron chi connectivity index (χ0n) is 8.73. The molecule has 0 spiro atoms. The van der Waals surface area contributed by atoms with Gasteiger partial charge in [-0.1, -0.05) is 0 Å². The Kier molecular flexibility index (Phi) is 7.28. The minimum atomic E-state index is -2.77. The highest BCUT2D eigenvalue weighted by atomic mass is 28.4. The van der Waals surface area contributed by atoms with Crippen molar-refractivity contribution in [1.29, 1.82) is 0 Å². The third kappa shape index (κ3) is 4.47. The molecule has 14 heavy (non-hydrogen) atoms. The Labute approximate surface area is 85.5 Å². The van der Waals surface area contributed by atoms with Crippen LogP contribution in [0.2, 0.25) is 6.04 Å². The van der Waals surface area contributed by atoms with Gasteiger partial charge in [-0.3, -0.25) is 0 Å². The van der Waals surface area contributed by atoms with Crippen LogP contribution in [-0.2, 0) is 13.3 Å². The van der Waals surface area contributed by atoms with Crippen molar-refractivity contribution in [2.24, 2.45) is 11.5 Å². The van der Waals surface area contributed by atoms with Crippen LogP contribution in [0.15, 0.2) is 0 Å². The van der Waals surface area contributed by atoms with Crippen LogP contribution in [0.25, 0.3) is 0 Å². The monoisotopic (exact) mass is 224 g/mol. The molecule has 0 saturated carbocycles. The Balaban J connectivity index is 4.18. The summed E-state index contributed by atoms with van der Waals surface area (Å²) in [7, 11) is 0.199. The zero-order valence-corrected chi connectivity index (χ0v) is 9.73. The number of hydrogen-bond donors (Lipinski definition) is 3. The van der Waals surface area contributed by atoms with Crippen LogP contribution >= 0.6 is 0 Å². The summed E-state index contributed by atoms with van der Waals surface area (Å²) in [6, 6.07) is 0.474. The van der Waals surface area contributed by atoms with E-state index in [-0.39, 0.29) is 0 Å². The van der Waals surface area contributed by atoms with Gasteiger partial charge in [-0.15, -0.1) is 0 Å². The van der Waals surface area contributed by atoms with Gasteiger partial charge in [0, 0.05) is 26.7 Å². The fourth-order valence-electron chi connectivity index (χ4n) is 1.03. The van der Waals surface area contributed by atoms with E-state index in [1.807, 2.05) is 0 Å². The second kappa shape index (κ2) is 7.29. The lowest BCUT2D eigenvalue weighted by Crippen LogP contribution is -2.48. The predicted molar refractivity (Wildman–Crippen MR) is 54.4 cm³/mol. The van der Waals surface area contributed by atoms with Crippen molar-refractivity contribution in [2.45, 2.75) is 18.8 Å². The second-order valence-electron chi connectivity index (χ2n) is 2.78. The molecule has 0 rings (SSSR count). The molecule has 0 aliphatic rings. The normalized spacial score (nSPS) is 14.4. The van der Waals surface area contributed by atoms with Gasteiger partial charge in [0.1, 0.15) is 6.29 Å². The molecular formula is C7H20N2O4Si. The van der Waals surface area contributed by atoms with Crippen LogP contribution in [0.5, 0.6) is 0 Å². The van der Waals surface area contributed by atoms with Crippen molar-refractivity contribution >= 4 is 8.80 Å². The zero-order chi connectivity index (χ0) is 11.0. The fourth-order valence-corrected chi connectivity index (χ4v) is 2.80. The molecule has 1 unspecified atom stereocenters. The van der Waals surface area contributed by atoms with Crippen molar-refractivity contribution in [3.8, 4) is 0 Å². The first-order valence-corrected chi connectivity index (χ1v) is 6.43. The molecule has 0 bridgehead atoms. The molecule has 1 atom stereocenters. The van der Waals surface area contributed by atoms with Gasteiger partial charge in [0.25, 0.3) is 0 Å². The van der Waals surface area contributed by atoms with Gasteiger partial charge in [-0.25, -0.2) is 0 Å². The first-order valence-electron chi connectivity index (χ1n) is 4.50. The number of nitrogens with two attached hydrogens (primary N) is 2. The van der Waals surface area contributed by atoms with Gasteiger partial charge in [0.05, 0.1) is 0 Å². The summed E-state index contributed by atoms with van der Waals surface area (Å²) in [5.74, 6) is 0. The Hall–Kier alpha value is -0.0231. The molecule has 5 N–H and O–H groups in total. The molecule has 0 fully saturated rings. The first kappa shape index (κ1) is 14.0. The van der Waals surface area contributed by atoms with Crippen LogP contribution in [0.4, 0.5) is 0 Å². The maximum atomic E-state index is 9.41. The fraction of sp³-hybridized carbons (Fsp3) is 1.00. The van der Waals surface area contributed by atoms with Crippen LogP contribution in [-0.4, -0.2) is 47.5 Å². The summed E-state index contributed by atoms with van der Waals surface area (Å²) in [6.07, 6.45) is -0.593. The highest BCUT2D eigenvalue weighted by molar-refractivity contribution is 6.60. The number of aliphatic hydroxyl groups is 1. The molecule has 0 aliphatic carbocycles. The van der Waals surface area contributed by atoms with Gasteiger partial charge < -0.3 is 29.9 Å². The van der Waals surface area contributed by atoms with E-state index in [0.29, 0.717) is 25.6 Å². The van der Waals surface area contributed by atoms with Gasteiger partial charge in [-0.2, -0.15) is 0 Å². The largest absolute Gasteiger partial charge is 0.503 e. The highest BCUT2D eigenvalue weighted by Crippen LogP contribution is 2.15. The third-order valence-electron chi connectivity index (χ3n) is 1.80. The average molecular weight is 224 g/mol. The molecule has 0 radical (unpaired) electrons. The second-order valence-corrected chi connectivity index (χ2v) is 5.70. The summed E-state index contributed by atoms with van der Waals surface area (Å²) in [6.45, 7) is 0.741. The molecule has 0 aromatic carbocycles. The number of rotatable bonds is 8. The molecule has 7 heteroatoms. The quantitative estimate of drug-likeness (QED) is 0.356. The summed E-state index contributed by atoms with van der Waals surface area (Å²) < 4.78 is 15.6. The van der Waals surface area contributed by atoms with Crippen molar-refractivity contribution in [3.63, 3.8) is 0 Å². The Bertz CT molecular complexity index is 146. The Morgan fingerprint density at radius 1 is 1.21 bits per heavy atom. The van der Waals surface area contributed by atoms with Gasteiger partial charge in [-0.05, 0) is 13.1 Å². The average Bonchev–Trinajstić information content (AvgIpc) is 2.17. The lowest BCUT2D eigenvalue weighted by molar-refractivity contribution is -0.0717. The molecule has 0 heterocycles. The van der Waals surface area contributed by atoms with Crippen molar-refractivity contribution in [2.75, 3.05) is 27.3 Å². The minimum Gasteiger partial charge on any atom is -0.377 e. The maximum absolute atomic E-state index is 9.41. The van der Waals surface area contributed by atoms with E-state index in [1.165, 1.54) is 14.2 Å². The van der Waals surface area contributed by atoms with Crippen LogP contribution in [0.1, 0.15) is 6.42 Å². The van der Waals surface area contributed by atoms with E-state index in [9.17, 15) is 5.11 Å². The SMILES string of the molecule is CO[Si](CCN)(OC)OC(O)CCN. The van der Waals surface area contributed by atoms with Crippen molar-refractivity contribution in [1.82, 2.24) is 0 Å². The number of aliphatic hydroxyl groups excluding tert-OH is 1. The van der Waals surface area contributed by atoms with E-state index in [0.717, 1.165) is 0 Å². The predicted octanol–water partition coefficient (Wildman–Crippen LogP) is -1.14. The summed E-state index contributed by atoms with van der Waals surface area (Å²) in [5.41, 5.74) is 10.7. The first-order chi connectivity index (χ1) is 6.64. The molecule has 0 amide bonds. The summed E-state index contributed by atoms with van der Waals surface area (Å²) in [4.78, 5) is 0. The standard InChI is InChI=1S/C7H20N2O4Si/c1-11-14(12-2,6-5-9)13-7(10)3-4-8/h7,10H,3-6,8-9H2,1-2H3. The van der Waals surface area contributed by atoms with Crippen LogP contribution in [0, 0.1) is 0 Å². The topological polar surface area (TPSA) is 100.0 Å². The van der Waals surface area contributed by atoms with Crippen LogP contribution < -0.4 is 11.5 Å². The highest BCUT2D eigenvalue weighted by Gasteiger charge is 2.40. The smallest absolute Gasteiger partial charge is 0.377 e. The third-order valence-corrected chi connectivity index (χ3v) is 4.58. The molecule has 0 aromatic rings. The molecular weight excluding hydrogens is 204 g/mol. The molecule has 0 aromatic heterocycles. The summed E-state index contributed by atoms with van der Waals surface area (Å²) >= 11 is 0. The number of hydrogen-bond acceptors (Lipinski definition) is 6. The van der Waals surface area contributed by atoms with Crippen molar-refractivity contribution in [3.05, 3.63) is 0 Å². The lowest BCUT2D eigenvalue weighted by atomic mass is 10.4. The maximum Gasteiger partial charge on any atom is 0.503 e.